The fourth-order valence-corrected chi connectivity index (χ4v) is 5.00. The summed E-state index contributed by atoms with van der Waals surface area (Å²) in [5.74, 6) is -1.63. The van der Waals surface area contributed by atoms with Crippen LogP contribution < -0.4 is 5.32 Å². The van der Waals surface area contributed by atoms with E-state index in [2.05, 4.69) is 26.1 Å². The second-order valence-corrected chi connectivity index (χ2v) is 8.21. The molecule has 3 unspecified atom stereocenters. The lowest BCUT2D eigenvalue weighted by Crippen LogP contribution is -2.40. The molecule has 0 aliphatic heterocycles. The van der Waals surface area contributed by atoms with Crippen LogP contribution in [0.1, 0.15) is 40.0 Å². The van der Waals surface area contributed by atoms with Crippen LogP contribution in [0.15, 0.2) is 29.2 Å². The molecule has 1 N–H and O–H groups in total. The summed E-state index contributed by atoms with van der Waals surface area (Å²) in [5.41, 5.74) is 1.44. The molecule has 116 valence electrons. The lowest BCUT2D eigenvalue weighted by Gasteiger charge is -2.40. The maximum absolute atomic E-state index is 12.7. The fourth-order valence-electron chi connectivity index (χ4n) is 4.39. The van der Waals surface area contributed by atoms with Crippen molar-refractivity contribution in [1.82, 2.24) is 0 Å². The molecule has 0 saturated heterocycles. The van der Waals surface area contributed by atoms with Crippen molar-refractivity contribution in [2.24, 2.45) is 16.7 Å². The number of thioether (sulfide) groups is 1. The first-order valence-electron chi connectivity index (χ1n) is 7.65. The van der Waals surface area contributed by atoms with Crippen molar-refractivity contribution in [2.75, 3.05) is 5.32 Å². The van der Waals surface area contributed by atoms with E-state index in [0.717, 1.165) is 18.0 Å². The number of rotatable bonds is 4. The minimum absolute atomic E-state index is 0.250. The van der Waals surface area contributed by atoms with Crippen LogP contribution in [0.25, 0.3) is 0 Å². The molecule has 4 heteroatoms. The number of alkyl halides is 2. The van der Waals surface area contributed by atoms with Gasteiger partial charge < -0.3 is 5.32 Å². The highest BCUT2D eigenvalue weighted by molar-refractivity contribution is 7.99. The molecule has 0 heterocycles. The molecule has 2 aliphatic carbocycles. The monoisotopic (exact) mass is 311 g/mol. The second-order valence-electron chi connectivity index (χ2n) is 7.18. The van der Waals surface area contributed by atoms with E-state index in [4.69, 9.17) is 0 Å². The number of nitrogens with one attached hydrogen (secondary N) is 1. The highest BCUT2D eigenvalue weighted by Gasteiger charge is 2.61. The van der Waals surface area contributed by atoms with Crippen LogP contribution in [0.4, 0.5) is 14.5 Å². The van der Waals surface area contributed by atoms with E-state index >= 15 is 0 Å². The van der Waals surface area contributed by atoms with Gasteiger partial charge in [-0.1, -0.05) is 44.7 Å². The largest absolute Gasteiger partial charge is 0.381 e. The Balaban J connectivity index is 1.83. The average Bonchev–Trinajstić information content (AvgIpc) is 2.73. The van der Waals surface area contributed by atoms with Crippen molar-refractivity contribution < 1.29 is 8.78 Å². The summed E-state index contributed by atoms with van der Waals surface area (Å²) in [7, 11) is 0. The smallest absolute Gasteiger partial charge is 0.288 e. The molecule has 2 aliphatic rings. The number of benzene rings is 1. The predicted octanol–water partition coefficient (Wildman–Crippen LogP) is 5.63. The number of para-hydroxylation sites is 1. The summed E-state index contributed by atoms with van der Waals surface area (Å²) in [6.45, 7) is 7.10. The standard InChI is InChI=1S/C17H23F2NS/c1-16(2)11-8-9-17(16,3)14(10-11)20-12-6-4-5-7-13(12)21-15(18)19/h4-7,11,14-15,20H,8-10H2,1-3H3. The van der Waals surface area contributed by atoms with Crippen LogP contribution in [0.5, 0.6) is 0 Å². The van der Waals surface area contributed by atoms with Crippen LogP contribution in [0.2, 0.25) is 0 Å². The van der Waals surface area contributed by atoms with Gasteiger partial charge in [-0.25, -0.2) is 0 Å². The van der Waals surface area contributed by atoms with Gasteiger partial charge in [0.1, 0.15) is 0 Å². The van der Waals surface area contributed by atoms with E-state index in [1.54, 1.807) is 6.07 Å². The van der Waals surface area contributed by atoms with Gasteiger partial charge in [0.25, 0.3) is 5.76 Å². The van der Waals surface area contributed by atoms with Gasteiger partial charge in [0.2, 0.25) is 0 Å². The number of hydrogen-bond acceptors (Lipinski definition) is 2. The Morgan fingerprint density at radius 1 is 1.24 bits per heavy atom. The van der Waals surface area contributed by atoms with E-state index in [1.807, 2.05) is 18.2 Å². The third kappa shape index (κ3) is 2.36. The molecule has 3 rings (SSSR count). The summed E-state index contributed by atoms with van der Waals surface area (Å²) >= 11 is 0.631. The normalized spacial score (nSPS) is 33.6. The first-order valence-corrected chi connectivity index (χ1v) is 8.53. The Labute approximate surface area is 129 Å². The predicted molar refractivity (Wildman–Crippen MR) is 84.9 cm³/mol. The maximum Gasteiger partial charge on any atom is 0.288 e. The topological polar surface area (TPSA) is 12.0 Å². The molecule has 21 heavy (non-hydrogen) atoms. The molecule has 1 aromatic rings. The number of halogens is 2. The molecule has 1 nitrogen and oxygen atoms in total. The molecule has 1 aromatic carbocycles. The second kappa shape index (κ2) is 5.15. The van der Waals surface area contributed by atoms with Gasteiger partial charge >= 0.3 is 0 Å². The van der Waals surface area contributed by atoms with Crippen molar-refractivity contribution in [3.63, 3.8) is 0 Å². The summed E-state index contributed by atoms with van der Waals surface area (Å²) in [6.07, 6.45) is 3.68. The van der Waals surface area contributed by atoms with Crippen LogP contribution >= 0.6 is 11.8 Å². The maximum atomic E-state index is 12.7. The Bertz CT molecular complexity index is 531. The lowest BCUT2D eigenvalue weighted by atomic mass is 9.69. The average molecular weight is 311 g/mol. The highest BCUT2D eigenvalue weighted by Crippen LogP contribution is 2.66. The molecule has 2 fully saturated rings. The lowest BCUT2D eigenvalue weighted by molar-refractivity contribution is 0.142. The number of anilines is 1. The van der Waals surface area contributed by atoms with Gasteiger partial charge in [0.15, 0.2) is 0 Å². The third-order valence-electron chi connectivity index (χ3n) is 6.23. The molecule has 2 bridgehead atoms. The van der Waals surface area contributed by atoms with Gasteiger partial charge in [-0.05, 0) is 48.1 Å². The van der Waals surface area contributed by atoms with Crippen LogP contribution in [0.3, 0.4) is 0 Å². The number of hydrogen-bond donors (Lipinski definition) is 1. The number of fused-ring (bicyclic) bond motifs is 2. The Kier molecular flexibility index (Phi) is 3.71. The van der Waals surface area contributed by atoms with E-state index in [-0.39, 0.29) is 5.41 Å². The Morgan fingerprint density at radius 3 is 2.52 bits per heavy atom. The zero-order valence-electron chi connectivity index (χ0n) is 12.8. The summed E-state index contributed by atoms with van der Waals surface area (Å²) < 4.78 is 25.4. The minimum atomic E-state index is -2.37. The van der Waals surface area contributed by atoms with E-state index in [9.17, 15) is 8.78 Å². The minimum Gasteiger partial charge on any atom is -0.381 e. The van der Waals surface area contributed by atoms with E-state index in [1.165, 1.54) is 12.8 Å². The quantitative estimate of drug-likeness (QED) is 0.723. The van der Waals surface area contributed by atoms with Gasteiger partial charge in [-0.3, -0.25) is 0 Å². The van der Waals surface area contributed by atoms with Gasteiger partial charge in [-0.2, -0.15) is 8.78 Å². The molecular formula is C17H23F2NS. The Morgan fingerprint density at radius 2 is 1.95 bits per heavy atom. The summed E-state index contributed by atoms with van der Waals surface area (Å²) in [6, 6.07) is 7.82. The fraction of sp³-hybridized carbons (Fsp3) is 0.647. The van der Waals surface area contributed by atoms with Crippen molar-refractivity contribution >= 4 is 17.4 Å². The molecule has 0 aromatic heterocycles. The Hall–Kier alpha value is -0.770. The molecular weight excluding hydrogens is 288 g/mol. The van der Waals surface area contributed by atoms with Gasteiger partial charge in [0, 0.05) is 16.6 Å². The molecule has 2 saturated carbocycles. The van der Waals surface area contributed by atoms with Crippen LogP contribution in [0, 0.1) is 16.7 Å². The zero-order chi connectivity index (χ0) is 15.3. The highest BCUT2D eigenvalue weighted by atomic mass is 32.2. The van der Waals surface area contributed by atoms with Crippen molar-refractivity contribution in [3.05, 3.63) is 24.3 Å². The molecule has 0 radical (unpaired) electrons. The van der Waals surface area contributed by atoms with E-state index in [0.29, 0.717) is 28.1 Å². The van der Waals surface area contributed by atoms with E-state index < -0.39 is 5.76 Å². The molecule has 0 spiro atoms. The van der Waals surface area contributed by atoms with Gasteiger partial charge in [-0.15, -0.1) is 0 Å². The van der Waals surface area contributed by atoms with Crippen LogP contribution in [-0.2, 0) is 0 Å². The summed E-state index contributed by atoms with van der Waals surface area (Å²) in [5, 5.41) is 3.59. The summed E-state index contributed by atoms with van der Waals surface area (Å²) in [4.78, 5) is 0.650. The molecule has 0 amide bonds. The van der Waals surface area contributed by atoms with Crippen molar-refractivity contribution in [2.45, 2.75) is 56.7 Å². The van der Waals surface area contributed by atoms with Gasteiger partial charge in [0.05, 0.1) is 0 Å². The zero-order valence-corrected chi connectivity index (χ0v) is 13.6. The van der Waals surface area contributed by atoms with Crippen molar-refractivity contribution in [3.8, 4) is 0 Å². The molecule has 3 atom stereocenters. The first kappa shape index (κ1) is 15.1. The first-order chi connectivity index (χ1) is 9.84. The SMILES string of the molecule is CC1(C)C2CCC1(C)C(Nc1ccccc1SC(F)F)C2. The van der Waals surface area contributed by atoms with Crippen LogP contribution in [-0.4, -0.2) is 11.8 Å². The third-order valence-corrected chi connectivity index (χ3v) is 7.01. The van der Waals surface area contributed by atoms with Crippen molar-refractivity contribution in [1.29, 1.82) is 0 Å².